The van der Waals surface area contributed by atoms with E-state index >= 15 is 0 Å². The summed E-state index contributed by atoms with van der Waals surface area (Å²) in [6, 6.07) is 5.95. The van der Waals surface area contributed by atoms with E-state index in [1.165, 1.54) is 24.0 Å². The molecule has 108 valence electrons. The molecule has 0 atom stereocenters. The molecule has 1 N–H and O–H groups in total. The van der Waals surface area contributed by atoms with E-state index in [1.54, 1.807) is 0 Å². The van der Waals surface area contributed by atoms with Crippen LogP contribution in [0.5, 0.6) is 5.75 Å². The Morgan fingerprint density at radius 2 is 1.63 bits per heavy atom. The molecule has 0 unspecified atom stereocenters. The zero-order valence-electron chi connectivity index (χ0n) is 13.5. The second-order valence-electron chi connectivity index (χ2n) is 6.04. The zero-order valence-corrected chi connectivity index (χ0v) is 13.5. The predicted molar refractivity (Wildman–Crippen MR) is 83.7 cm³/mol. The van der Waals surface area contributed by atoms with Crippen LogP contribution in [-0.2, 0) is 11.8 Å². The summed E-state index contributed by atoms with van der Waals surface area (Å²) in [6.45, 7) is 13.3. The van der Waals surface area contributed by atoms with Crippen molar-refractivity contribution >= 4 is 0 Å². The highest BCUT2D eigenvalue weighted by Gasteiger charge is 2.41. The molecule has 1 aliphatic carbocycles. The molecule has 1 aliphatic rings. The molecule has 0 heterocycles. The van der Waals surface area contributed by atoms with Crippen LogP contribution in [0.4, 0.5) is 0 Å². The van der Waals surface area contributed by atoms with Gasteiger partial charge in [-0.1, -0.05) is 47.6 Å². The average Bonchev–Trinajstić information content (AvgIpc) is 2.39. The Balaban J connectivity index is 0.000000861. The fourth-order valence-corrected chi connectivity index (χ4v) is 3.79. The van der Waals surface area contributed by atoms with Crippen molar-refractivity contribution in [3.63, 3.8) is 0 Å². The van der Waals surface area contributed by atoms with Gasteiger partial charge >= 0.3 is 0 Å². The van der Waals surface area contributed by atoms with Crippen LogP contribution in [0.25, 0.3) is 0 Å². The average molecular weight is 262 g/mol. The number of hydrogen-bond acceptors (Lipinski definition) is 1. The quantitative estimate of drug-likeness (QED) is 0.766. The van der Waals surface area contributed by atoms with Gasteiger partial charge in [0, 0.05) is 5.41 Å². The molecule has 0 bridgehead atoms. The van der Waals surface area contributed by atoms with Crippen molar-refractivity contribution in [2.24, 2.45) is 11.8 Å². The van der Waals surface area contributed by atoms with Gasteiger partial charge in [-0.3, -0.25) is 0 Å². The molecule has 0 amide bonds. The van der Waals surface area contributed by atoms with E-state index in [9.17, 15) is 5.11 Å². The van der Waals surface area contributed by atoms with Crippen molar-refractivity contribution in [2.75, 3.05) is 0 Å². The first-order chi connectivity index (χ1) is 8.98. The molecule has 19 heavy (non-hydrogen) atoms. The molecular formula is C18H30O. The Morgan fingerprint density at radius 1 is 1.05 bits per heavy atom. The van der Waals surface area contributed by atoms with E-state index in [1.807, 2.05) is 26.0 Å². The lowest BCUT2D eigenvalue weighted by atomic mass is 9.58. The summed E-state index contributed by atoms with van der Waals surface area (Å²) in [5, 5.41) is 9.78. The van der Waals surface area contributed by atoms with Crippen LogP contribution in [0.3, 0.4) is 0 Å². The number of phenolic OH excluding ortho intramolecular Hbond substituents is 1. The molecule has 0 aromatic heterocycles. The van der Waals surface area contributed by atoms with Gasteiger partial charge in [-0.25, -0.2) is 0 Å². The molecule has 2 rings (SSSR count). The van der Waals surface area contributed by atoms with Gasteiger partial charge in [0.15, 0.2) is 0 Å². The highest BCUT2D eigenvalue weighted by molar-refractivity contribution is 5.42. The molecule has 0 saturated heterocycles. The molecule has 0 fully saturated rings. The number of aryl methyl sites for hydroxylation is 1. The van der Waals surface area contributed by atoms with Crippen molar-refractivity contribution in [3.05, 3.63) is 29.3 Å². The maximum absolute atomic E-state index is 9.78. The summed E-state index contributed by atoms with van der Waals surface area (Å²) in [5.41, 5.74) is 3.08. The molecule has 1 nitrogen and oxygen atoms in total. The summed E-state index contributed by atoms with van der Waals surface area (Å²) in [6.07, 6.45) is 3.68. The smallest absolute Gasteiger partial charge is 0.115 e. The Bertz CT molecular complexity index is 396. The topological polar surface area (TPSA) is 20.2 Å². The molecule has 1 aromatic rings. The minimum Gasteiger partial charge on any atom is -0.508 e. The van der Waals surface area contributed by atoms with Crippen molar-refractivity contribution in [1.29, 1.82) is 0 Å². The van der Waals surface area contributed by atoms with Gasteiger partial charge < -0.3 is 5.11 Å². The first-order valence-electron chi connectivity index (χ1n) is 7.81. The third-order valence-corrected chi connectivity index (χ3v) is 4.69. The maximum atomic E-state index is 9.78. The number of aromatic hydroxyl groups is 1. The minimum atomic E-state index is 0.242. The van der Waals surface area contributed by atoms with Gasteiger partial charge in [0.25, 0.3) is 0 Å². The van der Waals surface area contributed by atoms with E-state index in [2.05, 4.69) is 33.8 Å². The van der Waals surface area contributed by atoms with E-state index in [0.717, 1.165) is 6.42 Å². The summed E-state index contributed by atoms with van der Waals surface area (Å²) in [5.74, 6) is 1.64. The van der Waals surface area contributed by atoms with E-state index in [-0.39, 0.29) is 5.41 Å². The SMILES string of the molecule is CC.CC(C)C1(C(C)C)CCCc2ccc(O)cc21. The third kappa shape index (κ3) is 2.80. The second-order valence-corrected chi connectivity index (χ2v) is 6.04. The standard InChI is InChI=1S/C16H24O.C2H6/c1-11(2)16(12(3)4)9-5-6-13-7-8-14(17)10-15(13)16;1-2/h7-8,10-12,17H,5-6,9H2,1-4H3;1-2H3. The number of phenols is 1. The molecule has 1 heteroatoms. The summed E-state index contributed by atoms with van der Waals surface area (Å²) >= 11 is 0. The fourth-order valence-electron chi connectivity index (χ4n) is 3.79. The van der Waals surface area contributed by atoms with Gasteiger partial charge in [0.2, 0.25) is 0 Å². The molecular weight excluding hydrogens is 232 g/mol. The first kappa shape index (κ1) is 16.1. The van der Waals surface area contributed by atoms with E-state index in [0.29, 0.717) is 17.6 Å². The first-order valence-corrected chi connectivity index (χ1v) is 7.81. The molecule has 0 spiro atoms. The monoisotopic (exact) mass is 262 g/mol. The van der Waals surface area contributed by atoms with Gasteiger partial charge in [-0.15, -0.1) is 0 Å². The van der Waals surface area contributed by atoms with Crippen LogP contribution in [-0.4, -0.2) is 5.11 Å². The van der Waals surface area contributed by atoms with Crippen LogP contribution in [0, 0.1) is 11.8 Å². The lowest BCUT2D eigenvalue weighted by molar-refractivity contribution is 0.185. The minimum absolute atomic E-state index is 0.242. The fraction of sp³-hybridized carbons (Fsp3) is 0.667. The number of hydrogen-bond donors (Lipinski definition) is 1. The predicted octanol–water partition coefficient (Wildman–Crippen LogP) is 5.30. The van der Waals surface area contributed by atoms with Gasteiger partial charge in [0.05, 0.1) is 0 Å². The third-order valence-electron chi connectivity index (χ3n) is 4.69. The van der Waals surface area contributed by atoms with Crippen molar-refractivity contribution in [1.82, 2.24) is 0 Å². The Hall–Kier alpha value is -0.980. The lowest BCUT2D eigenvalue weighted by Crippen LogP contribution is -2.41. The van der Waals surface area contributed by atoms with Crippen molar-refractivity contribution in [2.45, 2.75) is 66.2 Å². The Morgan fingerprint density at radius 3 is 2.16 bits per heavy atom. The van der Waals surface area contributed by atoms with Crippen LogP contribution in [0.1, 0.15) is 65.5 Å². The summed E-state index contributed by atoms with van der Waals surface area (Å²) in [4.78, 5) is 0. The van der Waals surface area contributed by atoms with Gasteiger partial charge in [0.1, 0.15) is 5.75 Å². The molecule has 0 saturated carbocycles. The Kier molecular flexibility index (Phi) is 5.46. The normalized spacial score (nSPS) is 16.8. The number of benzene rings is 1. The van der Waals surface area contributed by atoms with Crippen LogP contribution >= 0.6 is 0 Å². The van der Waals surface area contributed by atoms with Gasteiger partial charge in [-0.05, 0) is 54.4 Å². The Labute approximate surface area is 119 Å². The zero-order chi connectivity index (χ0) is 14.6. The maximum Gasteiger partial charge on any atom is 0.115 e. The summed E-state index contributed by atoms with van der Waals surface area (Å²) < 4.78 is 0. The molecule has 0 aliphatic heterocycles. The molecule has 0 radical (unpaired) electrons. The molecule has 1 aromatic carbocycles. The van der Waals surface area contributed by atoms with Crippen molar-refractivity contribution < 1.29 is 5.11 Å². The van der Waals surface area contributed by atoms with Crippen LogP contribution < -0.4 is 0 Å². The summed E-state index contributed by atoms with van der Waals surface area (Å²) in [7, 11) is 0. The van der Waals surface area contributed by atoms with E-state index in [4.69, 9.17) is 0 Å². The number of fused-ring (bicyclic) bond motifs is 1. The van der Waals surface area contributed by atoms with Crippen LogP contribution in [0.15, 0.2) is 18.2 Å². The number of rotatable bonds is 2. The van der Waals surface area contributed by atoms with E-state index < -0.39 is 0 Å². The largest absolute Gasteiger partial charge is 0.508 e. The lowest BCUT2D eigenvalue weighted by Gasteiger charge is -2.46. The highest BCUT2D eigenvalue weighted by Crippen LogP contribution is 2.48. The van der Waals surface area contributed by atoms with Gasteiger partial charge in [-0.2, -0.15) is 0 Å². The second kappa shape index (κ2) is 6.45. The van der Waals surface area contributed by atoms with Crippen molar-refractivity contribution in [3.8, 4) is 5.75 Å². The van der Waals surface area contributed by atoms with Crippen LogP contribution in [0.2, 0.25) is 0 Å². The highest BCUT2D eigenvalue weighted by atomic mass is 16.3.